The van der Waals surface area contributed by atoms with E-state index in [4.69, 9.17) is 4.74 Å². The summed E-state index contributed by atoms with van der Waals surface area (Å²) >= 11 is 0. The predicted molar refractivity (Wildman–Crippen MR) is 85.4 cm³/mol. The Bertz CT molecular complexity index is 514. The highest BCUT2D eigenvalue weighted by Crippen LogP contribution is 2.21. The van der Waals surface area contributed by atoms with Gasteiger partial charge >= 0.3 is 6.09 Å². The Morgan fingerprint density at radius 2 is 2.14 bits per heavy atom. The van der Waals surface area contributed by atoms with Crippen LogP contribution in [0, 0.1) is 11.7 Å². The maximum Gasteiger partial charge on any atom is 0.410 e. The molecule has 0 radical (unpaired) electrons. The van der Waals surface area contributed by atoms with Gasteiger partial charge in [-0.05, 0) is 51.7 Å². The summed E-state index contributed by atoms with van der Waals surface area (Å²) in [7, 11) is 0. The predicted octanol–water partition coefficient (Wildman–Crippen LogP) is 3.88. The number of carbonyl (C=O) groups is 1. The normalized spacial score (nSPS) is 18.9. The molecule has 122 valence electrons. The van der Waals surface area contributed by atoms with E-state index in [-0.39, 0.29) is 11.9 Å². The van der Waals surface area contributed by atoms with Crippen molar-refractivity contribution in [3.8, 4) is 0 Å². The second-order valence-corrected chi connectivity index (χ2v) is 6.80. The molecule has 2 rings (SSSR count). The van der Waals surface area contributed by atoms with Gasteiger partial charge in [-0.3, -0.25) is 0 Å². The number of halogens is 1. The van der Waals surface area contributed by atoms with E-state index >= 15 is 0 Å². The summed E-state index contributed by atoms with van der Waals surface area (Å²) in [6.07, 6.45) is 1.71. The number of hydrogen-bond acceptors (Lipinski definition) is 3. The highest BCUT2D eigenvalue weighted by Gasteiger charge is 2.27. The fourth-order valence-electron chi connectivity index (χ4n) is 2.58. The number of ether oxygens (including phenoxy) is 1. The van der Waals surface area contributed by atoms with E-state index in [0.717, 1.165) is 19.4 Å². The minimum Gasteiger partial charge on any atom is -0.444 e. The molecule has 4 nitrogen and oxygen atoms in total. The van der Waals surface area contributed by atoms with Gasteiger partial charge in [-0.25, -0.2) is 9.18 Å². The van der Waals surface area contributed by atoms with Crippen molar-refractivity contribution in [3.63, 3.8) is 0 Å². The molecule has 1 aliphatic heterocycles. The van der Waals surface area contributed by atoms with Crippen molar-refractivity contribution in [3.05, 3.63) is 30.1 Å². The van der Waals surface area contributed by atoms with Crippen molar-refractivity contribution in [1.82, 2.24) is 4.90 Å². The molecule has 1 amide bonds. The molecule has 0 saturated carbocycles. The van der Waals surface area contributed by atoms with Crippen molar-refractivity contribution in [2.24, 2.45) is 5.92 Å². The molecule has 1 heterocycles. The molecule has 0 spiro atoms. The quantitative estimate of drug-likeness (QED) is 0.921. The molecule has 22 heavy (non-hydrogen) atoms. The van der Waals surface area contributed by atoms with Gasteiger partial charge in [0.2, 0.25) is 0 Å². The van der Waals surface area contributed by atoms with Crippen LogP contribution in [0.1, 0.15) is 33.6 Å². The molecule has 5 heteroatoms. The SMILES string of the molecule is CC(C)(C)OC(=O)N1CCC[C@@H](CNc2ccccc2F)C1. The van der Waals surface area contributed by atoms with Gasteiger partial charge in [-0.15, -0.1) is 0 Å². The van der Waals surface area contributed by atoms with Gasteiger partial charge < -0.3 is 15.0 Å². The fourth-order valence-corrected chi connectivity index (χ4v) is 2.58. The van der Waals surface area contributed by atoms with Crippen LogP contribution in [0.4, 0.5) is 14.9 Å². The highest BCUT2D eigenvalue weighted by molar-refractivity contribution is 5.68. The topological polar surface area (TPSA) is 41.6 Å². The first-order valence-corrected chi connectivity index (χ1v) is 7.81. The molecule has 1 atom stereocenters. The van der Waals surface area contributed by atoms with Gasteiger partial charge in [0, 0.05) is 19.6 Å². The number of hydrogen-bond donors (Lipinski definition) is 1. The first-order chi connectivity index (χ1) is 10.3. The van der Waals surface area contributed by atoms with Crippen LogP contribution in [0.5, 0.6) is 0 Å². The molecule has 0 aromatic heterocycles. The van der Waals surface area contributed by atoms with E-state index in [1.165, 1.54) is 6.07 Å². The molecule has 1 saturated heterocycles. The largest absolute Gasteiger partial charge is 0.444 e. The number of carbonyl (C=O) groups excluding carboxylic acids is 1. The third-order valence-electron chi connectivity index (χ3n) is 3.63. The number of piperidine rings is 1. The van der Waals surface area contributed by atoms with E-state index in [1.807, 2.05) is 20.8 Å². The number of benzene rings is 1. The van der Waals surface area contributed by atoms with E-state index in [0.29, 0.717) is 24.7 Å². The van der Waals surface area contributed by atoms with E-state index in [1.54, 1.807) is 23.1 Å². The summed E-state index contributed by atoms with van der Waals surface area (Å²) in [5.41, 5.74) is 0.0343. The Kier molecular flexibility index (Phi) is 5.27. The van der Waals surface area contributed by atoms with Crippen molar-refractivity contribution in [1.29, 1.82) is 0 Å². The smallest absolute Gasteiger partial charge is 0.410 e. The zero-order valence-corrected chi connectivity index (χ0v) is 13.6. The molecule has 1 aromatic rings. The van der Waals surface area contributed by atoms with Crippen LogP contribution in [0.25, 0.3) is 0 Å². The first kappa shape index (κ1) is 16.6. The van der Waals surface area contributed by atoms with Gasteiger partial charge in [0.1, 0.15) is 11.4 Å². The Hall–Kier alpha value is -1.78. The Labute approximate surface area is 131 Å². The molecular weight excluding hydrogens is 283 g/mol. The number of rotatable bonds is 3. The van der Waals surface area contributed by atoms with Gasteiger partial charge in [-0.1, -0.05) is 12.1 Å². The average Bonchev–Trinajstić information content (AvgIpc) is 2.45. The lowest BCUT2D eigenvalue weighted by atomic mass is 9.98. The van der Waals surface area contributed by atoms with Gasteiger partial charge in [0.25, 0.3) is 0 Å². The maximum absolute atomic E-state index is 13.6. The zero-order chi connectivity index (χ0) is 16.2. The summed E-state index contributed by atoms with van der Waals surface area (Å²) in [6.45, 7) is 7.63. The van der Waals surface area contributed by atoms with Crippen LogP contribution in [0.2, 0.25) is 0 Å². The van der Waals surface area contributed by atoms with Crippen LogP contribution in [0.3, 0.4) is 0 Å². The second-order valence-electron chi connectivity index (χ2n) is 6.80. The van der Waals surface area contributed by atoms with E-state index in [9.17, 15) is 9.18 Å². The number of nitrogens with zero attached hydrogens (tertiary/aromatic N) is 1. The summed E-state index contributed by atoms with van der Waals surface area (Å²) in [5.74, 6) is 0.0585. The third-order valence-corrected chi connectivity index (χ3v) is 3.63. The van der Waals surface area contributed by atoms with Gasteiger partial charge in [0.15, 0.2) is 0 Å². The van der Waals surface area contributed by atoms with Crippen molar-refractivity contribution >= 4 is 11.8 Å². The zero-order valence-electron chi connectivity index (χ0n) is 13.6. The lowest BCUT2D eigenvalue weighted by Crippen LogP contribution is -2.44. The molecule has 0 aliphatic carbocycles. The molecule has 1 aromatic carbocycles. The number of amides is 1. The van der Waals surface area contributed by atoms with Gasteiger partial charge in [0.05, 0.1) is 5.69 Å². The molecule has 1 N–H and O–H groups in total. The van der Waals surface area contributed by atoms with Crippen LogP contribution < -0.4 is 5.32 Å². The molecule has 1 fully saturated rings. The Morgan fingerprint density at radius 1 is 1.41 bits per heavy atom. The lowest BCUT2D eigenvalue weighted by molar-refractivity contribution is 0.0172. The highest BCUT2D eigenvalue weighted by atomic mass is 19.1. The summed E-state index contributed by atoms with van der Waals surface area (Å²) in [5, 5.41) is 3.14. The minimum atomic E-state index is -0.477. The third kappa shape index (κ3) is 4.90. The number of para-hydroxylation sites is 1. The van der Waals surface area contributed by atoms with Crippen LogP contribution >= 0.6 is 0 Å². The fraction of sp³-hybridized carbons (Fsp3) is 0.588. The van der Waals surface area contributed by atoms with E-state index in [2.05, 4.69) is 5.32 Å². The van der Waals surface area contributed by atoms with Crippen LogP contribution in [-0.2, 0) is 4.74 Å². The number of likely N-dealkylation sites (tertiary alicyclic amines) is 1. The maximum atomic E-state index is 13.6. The first-order valence-electron chi connectivity index (χ1n) is 7.81. The van der Waals surface area contributed by atoms with Crippen LogP contribution in [0.15, 0.2) is 24.3 Å². The van der Waals surface area contributed by atoms with Crippen molar-refractivity contribution < 1.29 is 13.9 Å². The molecule has 0 unspecified atom stereocenters. The average molecular weight is 308 g/mol. The van der Waals surface area contributed by atoms with Gasteiger partial charge in [-0.2, -0.15) is 0 Å². The summed E-state index contributed by atoms with van der Waals surface area (Å²) in [4.78, 5) is 13.9. The second kappa shape index (κ2) is 6.99. The number of nitrogens with one attached hydrogen (secondary N) is 1. The molecular formula is C17H25FN2O2. The lowest BCUT2D eigenvalue weighted by Gasteiger charge is -2.34. The summed E-state index contributed by atoms with van der Waals surface area (Å²) in [6, 6.07) is 6.64. The minimum absolute atomic E-state index is 0.248. The monoisotopic (exact) mass is 308 g/mol. The Balaban J connectivity index is 1.86. The standard InChI is InChI=1S/C17H25FN2O2/c1-17(2,3)22-16(21)20-10-6-7-13(12-20)11-19-15-9-5-4-8-14(15)18/h4-5,8-9,13,19H,6-7,10-12H2,1-3H3/t13-/m0/s1. The summed E-state index contributed by atoms with van der Waals surface area (Å²) < 4.78 is 19.0. The van der Waals surface area contributed by atoms with Crippen molar-refractivity contribution in [2.45, 2.75) is 39.2 Å². The molecule has 0 bridgehead atoms. The van der Waals surface area contributed by atoms with E-state index < -0.39 is 5.60 Å². The van der Waals surface area contributed by atoms with Crippen LogP contribution in [-0.4, -0.2) is 36.2 Å². The number of anilines is 1. The Morgan fingerprint density at radius 3 is 2.82 bits per heavy atom. The molecule has 1 aliphatic rings. The van der Waals surface area contributed by atoms with Crippen molar-refractivity contribution in [2.75, 3.05) is 25.0 Å².